The van der Waals surface area contributed by atoms with Crippen LogP contribution >= 0.6 is 0 Å². The Labute approximate surface area is 180 Å². The zero-order valence-corrected chi connectivity index (χ0v) is 19.2. The molecule has 2 rings (SSSR count). The second-order valence-corrected chi connectivity index (χ2v) is 8.25. The quantitative estimate of drug-likeness (QED) is 0.438. The van der Waals surface area contributed by atoms with Gasteiger partial charge in [-0.25, -0.2) is 9.59 Å². The largest absolute Gasteiger partial charge is 0.423 e. The van der Waals surface area contributed by atoms with Crippen molar-refractivity contribution in [3.8, 4) is 11.5 Å². The molecule has 0 spiro atoms. The van der Waals surface area contributed by atoms with Crippen molar-refractivity contribution in [2.75, 3.05) is 13.1 Å². The summed E-state index contributed by atoms with van der Waals surface area (Å²) >= 11 is 0. The SMILES string of the molecule is CCc1c(C(C)(C)C)cc(C(=O)Oc2ccccc2)c(OC(=O)N(CC)CC)c1C. The van der Waals surface area contributed by atoms with E-state index in [-0.39, 0.29) is 16.7 Å². The van der Waals surface area contributed by atoms with Crippen LogP contribution in [0.15, 0.2) is 36.4 Å². The van der Waals surface area contributed by atoms with E-state index in [1.54, 1.807) is 29.2 Å². The van der Waals surface area contributed by atoms with Crippen molar-refractivity contribution in [3.63, 3.8) is 0 Å². The molecule has 0 aliphatic rings. The highest BCUT2D eigenvalue weighted by atomic mass is 16.6. The summed E-state index contributed by atoms with van der Waals surface area (Å²) in [6.07, 6.45) is 0.296. The molecule has 2 aromatic carbocycles. The Kier molecular flexibility index (Phi) is 7.65. The molecule has 0 aromatic heterocycles. The van der Waals surface area contributed by atoms with Gasteiger partial charge in [-0.15, -0.1) is 0 Å². The van der Waals surface area contributed by atoms with Gasteiger partial charge in [0.1, 0.15) is 11.3 Å². The summed E-state index contributed by atoms with van der Waals surface area (Å²) in [5, 5.41) is 0. The van der Waals surface area contributed by atoms with Crippen molar-refractivity contribution < 1.29 is 19.1 Å². The fraction of sp³-hybridized carbons (Fsp3) is 0.440. The van der Waals surface area contributed by atoms with Gasteiger partial charge in [0.25, 0.3) is 0 Å². The fourth-order valence-electron chi connectivity index (χ4n) is 3.53. The molecule has 5 heteroatoms. The van der Waals surface area contributed by atoms with Crippen LogP contribution in [-0.2, 0) is 11.8 Å². The number of amides is 1. The molecule has 0 aliphatic carbocycles. The number of para-hydroxylation sites is 1. The molecule has 162 valence electrons. The fourth-order valence-corrected chi connectivity index (χ4v) is 3.53. The van der Waals surface area contributed by atoms with Crippen molar-refractivity contribution in [2.24, 2.45) is 0 Å². The highest BCUT2D eigenvalue weighted by Crippen LogP contribution is 2.37. The predicted octanol–water partition coefficient (Wildman–Crippen LogP) is 5.91. The summed E-state index contributed by atoms with van der Waals surface area (Å²) in [5.41, 5.74) is 3.01. The minimum atomic E-state index is -0.542. The molecule has 0 unspecified atom stereocenters. The van der Waals surface area contributed by atoms with Crippen molar-refractivity contribution in [1.82, 2.24) is 4.90 Å². The lowest BCUT2D eigenvalue weighted by molar-refractivity contribution is 0.0730. The van der Waals surface area contributed by atoms with Crippen LogP contribution in [0.25, 0.3) is 0 Å². The number of rotatable bonds is 6. The molecule has 5 nitrogen and oxygen atoms in total. The number of carbonyl (C=O) groups excluding carboxylic acids is 2. The van der Waals surface area contributed by atoms with Gasteiger partial charge in [0.15, 0.2) is 5.75 Å². The van der Waals surface area contributed by atoms with E-state index in [4.69, 9.17) is 9.47 Å². The number of carbonyl (C=O) groups is 2. The summed E-state index contributed by atoms with van der Waals surface area (Å²) in [4.78, 5) is 27.4. The molecule has 2 aromatic rings. The summed E-state index contributed by atoms with van der Waals surface area (Å²) in [6.45, 7) is 15.1. The van der Waals surface area contributed by atoms with Crippen molar-refractivity contribution >= 4 is 12.1 Å². The van der Waals surface area contributed by atoms with Crippen LogP contribution in [-0.4, -0.2) is 30.1 Å². The molecule has 30 heavy (non-hydrogen) atoms. The predicted molar refractivity (Wildman–Crippen MR) is 120 cm³/mol. The molecular weight excluding hydrogens is 378 g/mol. The maximum atomic E-state index is 13.1. The molecule has 0 saturated heterocycles. The second kappa shape index (κ2) is 9.79. The highest BCUT2D eigenvalue weighted by molar-refractivity contribution is 5.96. The van der Waals surface area contributed by atoms with Crippen LogP contribution in [0.4, 0.5) is 4.79 Å². The van der Waals surface area contributed by atoms with E-state index < -0.39 is 12.1 Å². The van der Waals surface area contributed by atoms with E-state index in [1.165, 1.54) is 0 Å². The first-order valence-electron chi connectivity index (χ1n) is 10.5. The van der Waals surface area contributed by atoms with Crippen LogP contribution in [0.5, 0.6) is 11.5 Å². The Morgan fingerprint density at radius 1 is 0.967 bits per heavy atom. The zero-order chi connectivity index (χ0) is 22.5. The smallest absolute Gasteiger partial charge is 0.415 e. The normalized spacial score (nSPS) is 11.2. The van der Waals surface area contributed by atoms with Gasteiger partial charge >= 0.3 is 12.1 Å². The molecule has 0 atom stereocenters. The van der Waals surface area contributed by atoms with Crippen molar-refractivity contribution in [1.29, 1.82) is 0 Å². The van der Waals surface area contributed by atoms with E-state index >= 15 is 0 Å². The lowest BCUT2D eigenvalue weighted by atomic mass is 9.80. The molecule has 0 saturated carbocycles. The number of ether oxygens (including phenoxy) is 2. The Morgan fingerprint density at radius 3 is 2.07 bits per heavy atom. The van der Waals surface area contributed by atoms with Gasteiger partial charge in [0, 0.05) is 13.1 Å². The first kappa shape index (κ1) is 23.5. The zero-order valence-electron chi connectivity index (χ0n) is 19.2. The number of hydrogen-bond donors (Lipinski definition) is 0. The number of nitrogens with zero attached hydrogens (tertiary/aromatic N) is 1. The average molecular weight is 412 g/mol. The summed E-state index contributed by atoms with van der Waals surface area (Å²) in [7, 11) is 0. The van der Waals surface area contributed by atoms with Gasteiger partial charge in [0.2, 0.25) is 0 Å². The standard InChI is InChI=1S/C25H33NO4/c1-8-19-17(4)22(30-24(28)26(9-2)10-3)20(16-21(19)25(5,6)7)23(27)29-18-14-12-11-13-15-18/h11-16H,8-10H2,1-7H3. The highest BCUT2D eigenvalue weighted by Gasteiger charge is 2.28. The van der Waals surface area contributed by atoms with Gasteiger partial charge in [0.05, 0.1) is 0 Å². The molecule has 1 amide bonds. The maximum Gasteiger partial charge on any atom is 0.415 e. The average Bonchev–Trinajstić information content (AvgIpc) is 2.70. The molecule has 0 bridgehead atoms. The molecule has 0 heterocycles. The van der Waals surface area contributed by atoms with Crippen LogP contribution in [0.3, 0.4) is 0 Å². The number of esters is 1. The van der Waals surface area contributed by atoms with E-state index in [0.29, 0.717) is 18.8 Å². The Balaban J connectivity index is 2.62. The summed E-state index contributed by atoms with van der Waals surface area (Å²) < 4.78 is 11.4. The van der Waals surface area contributed by atoms with Gasteiger partial charge in [-0.1, -0.05) is 45.9 Å². The first-order valence-corrected chi connectivity index (χ1v) is 10.5. The third-order valence-corrected chi connectivity index (χ3v) is 5.20. The molecule has 0 fully saturated rings. The van der Waals surface area contributed by atoms with Crippen LogP contribution in [0.2, 0.25) is 0 Å². The van der Waals surface area contributed by atoms with Gasteiger partial charge in [-0.05, 0) is 67.5 Å². The van der Waals surface area contributed by atoms with Crippen LogP contribution < -0.4 is 9.47 Å². The van der Waals surface area contributed by atoms with E-state index in [2.05, 4.69) is 27.7 Å². The Morgan fingerprint density at radius 2 is 1.57 bits per heavy atom. The Bertz CT molecular complexity index is 894. The molecule has 0 N–H and O–H groups in total. The van der Waals surface area contributed by atoms with E-state index in [0.717, 1.165) is 23.1 Å². The molecular formula is C25H33NO4. The monoisotopic (exact) mass is 411 g/mol. The van der Waals surface area contributed by atoms with Crippen LogP contribution in [0.1, 0.15) is 68.6 Å². The lowest BCUT2D eigenvalue weighted by Crippen LogP contribution is -2.34. The lowest BCUT2D eigenvalue weighted by Gasteiger charge is -2.27. The minimum Gasteiger partial charge on any atom is -0.423 e. The van der Waals surface area contributed by atoms with Gasteiger partial charge < -0.3 is 14.4 Å². The van der Waals surface area contributed by atoms with E-state index in [1.807, 2.05) is 32.9 Å². The summed E-state index contributed by atoms with van der Waals surface area (Å²) in [6, 6.07) is 10.7. The number of hydrogen-bond acceptors (Lipinski definition) is 4. The molecule has 0 radical (unpaired) electrons. The molecule has 0 aliphatic heterocycles. The number of benzene rings is 2. The van der Waals surface area contributed by atoms with Gasteiger partial charge in [-0.2, -0.15) is 0 Å². The van der Waals surface area contributed by atoms with Crippen LogP contribution in [0, 0.1) is 6.92 Å². The third kappa shape index (κ3) is 5.21. The maximum absolute atomic E-state index is 13.1. The van der Waals surface area contributed by atoms with Gasteiger partial charge in [-0.3, -0.25) is 0 Å². The first-order chi connectivity index (χ1) is 14.1. The van der Waals surface area contributed by atoms with Crippen molar-refractivity contribution in [3.05, 3.63) is 58.7 Å². The third-order valence-electron chi connectivity index (χ3n) is 5.20. The van der Waals surface area contributed by atoms with E-state index in [9.17, 15) is 9.59 Å². The summed E-state index contributed by atoms with van der Waals surface area (Å²) in [5.74, 6) is 0.176. The van der Waals surface area contributed by atoms with Crippen molar-refractivity contribution in [2.45, 2.75) is 60.3 Å². The Hall–Kier alpha value is -2.82. The second-order valence-electron chi connectivity index (χ2n) is 8.25. The minimum absolute atomic E-state index is 0.181. The topological polar surface area (TPSA) is 55.8 Å².